The SMILES string of the molecule is CN(C)c1cc(NC2CCC(NCc3ccc(F)c(Br)c3)CC2)nc2ccccc12. The van der Waals surface area contributed by atoms with Crippen molar-refractivity contribution in [3.05, 3.63) is 64.4 Å². The molecular formula is C24H28BrFN4. The second-order valence-electron chi connectivity index (χ2n) is 8.26. The largest absolute Gasteiger partial charge is 0.377 e. The number of hydrogen-bond donors (Lipinski definition) is 2. The molecule has 4 nitrogen and oxygen atoms in total. The number of halogens is 2. The first kappa shape index (κ1) is 21.1. The average molecular weight is 471 g/mol. The van der Waals surface area contributed by atoms with Crippen molar-refractivity contribution in [2.45, 2.75) is 44.3 Å². The highest BCUT2D eigenvalue weighted by atomic mass is 79.9. The van der Waals surface area contributed by atoms with Crippen LogP contribution >= 0.6 is 15.9 Å². The number of nitrogens with one attached hydrogen (secondary N) is 2. The van der Waals surface area contributed by atoms with Gasteiger partial charge in [0.05, 0.1) is 9.99 Å². The molecule has 0 radical (unpaired) electrons. The number of pyridine rings is 1. The van der Waals surface area contributed by atoms with E-state index < -0.39 is 0 Å². The molecule has 1 fully saturated rings. The normalized spacial score (nSPS) is 19.1. The van der Waals surface area contributed by atoms with Crippen LogP contribution in [0.1, 0.15) is 31.2 Å². The van der Waals surface area contributed by atoms with E-state index in [9.17, 15) is 4.39 Å². The summed E-state index contributed by atoms with van der Waals surface area (Å²) >= 11 is 3.26. The van der Waals surface area contributed by atoms with Gasteiger partial charge in [0.2, 0.25) is 0 Å². The molecule has 0 aliphatic heterocycles. The molecule has 158 valence electrons. The van der Waals surface area contributed by atoms with Crippen LogP contribution < -0.4 is 15.5 Å². The van der Waals surface area contributed by atoms with Crippen LogP contribution in [0, 0.1) is 5.82 Å². The minimum absolute atomic E-state index is 0.218. The molecule has 3 aromatic rings. The number of benzene rings is 2. The molecule has 0 atom stereocenters. The molecule has 2 aromatic carbocycles. The van der Waals surface area contributed by atoms with E-state index in [1.54, 1.807) is 0 Å². The molecule has 30 heavy (non-hydrogen) atoms. The van der Waals surface area contributed by atoms with Crippen molar-refractivity contribution in [2.24, 2.45) is 0 Å². The lowest BCUT2D eigenvalue weighted by Gasteiger charge is -2.30. The van der Waals surface area contributed by atoms with E-state index in [4.69, 9.17) is 4.98 Å². The lowest BCUT2D eigenvalue weighted by Crippen LogP contribution is -2.36. The molecule has 0 unspecified atom stereocenters. The van der Waals surface area contributed by atoms with Crippen LogP contribution in [0.2, 0.25) is 0 Å². The van der Waals surface area contributed by atoms with E-state index in [1.165, 1.54) is 17.1 Å². The highest BCUT2D eigenvalue weighted by molar-refractivity contribution is 9.10. The van der Waals surface area contributed by atoms with Crippen molar-refractivity contribution in [2.75, 3.05) is 24.3 Å². The molecule has 0 spiro atoms. The third-order valence-electron chi connectivity index (χ3n) is 5.83. The third-order valence-corrected chi connectivity index (χ3v) is 6.44. The number of aromatic nitrogens is 1. The molecular weight excluding hydrogens is 443 g/mol. The molecule has 1 saturated carbocycles. The Bertz CT molecular complexity index is 1020. The number of hydrogen-bond acceptors (Lipinski definition) is 4. The van der Waals surface area contributed by atoms with Gasteiger partial charge >= 0.3 is 0 Å². The summed E-state index contributed by atoms with van der Waals surface area (Å²) in [7, 11) is 4.14. The number of anilines is 2. The maximum absolute atomic E-state index is 13.4. The Morgan fingerprint density at radius 3 is 2.50 bits per heavy atom. The zero-order chi connectivity index (χ0) is 21.1. The van der Waals surface area contributed by atoms with E-state index in [1.807, 2.05) is 18.2 Å². The summed E-state index contributed by atoms with van der Waals surface area (Å²) in [5.41, 5.74) is 3.30. The monoisotopic (exact) mass is 470 g/mol. The average Bonchev–Trinajstić information content (AvgIpc) is 2.75. The summed E-state index contributed by atoms with van der Waals surface area (Å²) in [6.45, 7) is 0.764. The molecule has 0 bridgehead atoms. The molecule has 1 aromatic heterocycles. The fourth-order valence-corrected chi connectivity index (χ4v) is 4.59. The summed E-state index contributed by atoms with van der Waals surface area (Å²) in [4.78, 5) is 6.98. The second-order valence-corrected chi connectivity index (χ2v) is 9.11. The zero-order valence-corrected chi connectivity index (χ0v) is 19.0. The quantitative estimate of drug-likeness (QED) is 0.483. The Morgan fingerprint density at radius 1 is 1.03 bits per heavy atom. The van der Waals surface area contributed by atoms with E-state index >= 15 is 0 Å². The van der Waals surface area contributed by atoms with Gasteiger partial charge in [-0.1, -0.05) is 24.3 Å². The Labute approximate surface area is 186 Å². The van der Waals surface area contributed by atoms with Gasteiger partial charge in [0.15, 0.2) is 0 Å². The van der Waals surface area contributed by atoms with Gasteiger partial charge in [0.25, 0.3) is 0 Å². The van der Waals surface area contributed by atoms with Gasteiger partial charge in [-0.2, -0.15) is 0 Å². The van der Waals surface area contributed by atoms with Gasteiger partial charge in [-0.25, -0.2) is 9.37 Å². The molecule has 4 rings (SSSR count). The molecule has 6 heteroatoms. The van der Waals surface area contributed by atoms with Crippen molar-refractivity contribution in [1.82, 2.24) is 10.3 Å². The van der Waals surface area contributed by atoms with Crippen LogP contribution in [-0.2, 0) is 6.54 Å². The van der Waals surface area contributed by atoms with Gasteiger partial charge in [-0.3, -0.25) is 0 Å². The van der Waals surface area contributed by atoms with Gasteiger partial charge in [0.1, 0.15) is 11.6 Å². The smallest absolute Gasteiger partial charge is 0.137 e. The standard InChI is InChI=1S/C24H28BrFN4/c1-30(2)23-14-24(29-22-6-4-3-5-19(22)23)28-18-10-8-17(9-11-18)27-15-16-7-12-21(26)20(25)13-16/h3-7,12-14,17-18,27H,8-11,15H2,1-2H3,(H,28,29). The highest BCUT2D eigenvalue weighted by Crippen LogP contribution is 2.29. The number of nitrogens with zero attached hydrogens (tertiary/aromatic N) is 2. The maximum Gasteiger partial charge on any atom is 0.137 e. The first-order valence-corrected chi connectivity index (χ1v) is 11.3. The van der Waals surface area contributed by atoms with Crippen LogP contribution in [0.15, 0.2) is 53.0 Å². The van der Waals surface area contributed by atoms with Crippen molar-refractivity contribution in [1.29, 1.82) is 0 Å². The molecule has 1 aliphatic rings. The fraction of sp³-hybridized carbons (Fsp3) is 0.375. The molecule has 0 saturated heterocycles. The van der Waals surface area contributed by atoms with Crippen LogP contribution in [-0.4, -0.2) is 31.2 Å². The highest BCUT2D eigenvalue weighted by Gasteiger charge is 2.21. The molecule has 1 heterocycles. The van der Waals surface area contributed by atoms with Crippen LogP contribution in [0.5, 0.6) is 0 Å². The first-order valence-electron chi connectivity index (χ1n) is 10.5. The van der Waals surface area contributed by atoms with Gasteiger partial charge in [-0.15, -0.1) is 0 Å². The summed E-state index contributed by atoms with van der Waals surface area (Å²) in [5.74, 6) is 0.732. The Hall–Kier alpha value is -2.18. The van der Waals surface area contributed by atoms with E-state index in [-0.39, 0.29) is 5.82 Å². The first-order chi connectivity index (χ1) is 14.5. The Balaban J connectivity index is 1.34. The van der Waals surface area contributed by atoms with Gasteiger partial charge in [0, 0.05) is 49.9 Å². The number of para-hydroxylation sites is 1. The minimum atomic E-state index is -0.218. The molecule has 1 aliphatic carbocycles. The molecule has 0 amide bonds. The lowest BCUT2D eigenvalue weighted by molar-refractivity contribution is 0.352. The van der Waals surface area contributed by atoms with Crippen molar-refractivity contribution >= 4 is 38.3 Å². The van der Waals surface area contributed by atoms with Crippen molar-refractivity contribution in [3.8, 4) is 0 Å². The second kappa shape index (κ2) is 9.31. The summed E-state index contributed by atoms with van der Waals surface area (Å²) < 4.78 is 13.9. The van der Waals surface area contributed by atoms with E-state index in [2.05, 4.69) is 69.8 Å². The van der Waals surface area contributed by atoms with Crippen LogP contribution in [0.3, 0.4) is 0 Å². The number of rotatable bonds is 6. The lowest BCUT2D eigenvalue weighted by atomic mass is 9.91. The topological polar surface area (TPSA) is 40.2 Å². The predicted molar refractivity (Wildman–Crippen MR) is 127 cm³/mol. The summed E-state index contributed by atoms with van der Waals surface area (Å²) in [6.07, 6.45) is 4.45. The fourth-order valence-electron chi connectivity index (χ4n) is 4.16. The van der Waals surface area contributed by atoms with Crippen molar-refractivity contribution < 1.29 is 4.39 Å². The molecule has 2 N–H and O–H groups in total. The van der Waals surface area contributed by atoms with E-state index in [0.29, 0.717) is 16.6 Å². The Morgan fingerprint density at radius 2 is 1.77 bits per heavy atom. The zero-order valence-electron chi connectivity index (χ0n) is 17.5. The summed E-state index contributed by atoms with van der Waals surface area (Å²) in [5, 5.41) is 8.46. The van der Waals surface area contributed by atoms with Crippen LogP contribution in [0.4, 0.5) is 15.9 Å². The Kier molecular flexibility index (Phi) is 6.54. The number of fused-ring (bicyclic) bond motifs is 1. The van der Waals surface area contributed by atoms with Gasteiger partial charge in [-0.05, 0) is 65.4 Å². The maximum atomic E-state index is 13.4. The van der Waals surface area contributed by atoms with Gasteiger partial charge < -0.3 is 15.5 Å². The van der Waals surface area contributed by atoms with Crippen LogP contribution in [0.25, 0.3) is 10.9 Å². The predicted octanol–water partition coefficient (Wildman–Crippen LogP) is 5.72. The summed E-state index contributed by atoms with van der Waals surface area (Å²) in [6, 6.07) is 16.6. The van der Waals surface area contributed by atoms with Crippen molar-refractivity contribution in [3.63, 3.8) is 0 Å². The third kappa shape index (κ3) is 4.93. The van der Waals surface area contributed by atoms with E-state index in [0.717, 1.165) is 49.1 Å². The minimum Gasteiger partial charge on any atom is -0.377 e.